The van der Waals surface area contributed by atoms with E-state index in [1.165, 1.54) is 6.42 Å². The lowest BCUT2D eigenvalue weighted by Gasteiger charge is -2.48. The molecule has 2 aliphatic rings. The minimum absolute atomic E-state index is 0.00189. The van der Waals surface area contributed by atoms with Crippen LogP contribution >= 0.6 is 0 Å². The monoisotopic (exact) mass is 297 g/mol. The molecule has 5 heteroatoms. The number of nitrogens with one attached hydrogen (secondary N) is 1. The van der Waals surface area contributed by atoms with E-state index in [4.69, 9.17) is 4.74 Å². The van der Waals surface area contributed by atoms with Gasteiger partial charge in [0.05, 0.1) is 17.8 Å². The molecule has 0 bridgehead atoms. The summed E-state index contributed by atoms with van der Waals surface area (Å²) in [6.45, 7) is 0. The lowest BCUT2D eigenvalue weighted by Crippen LogP contribution is -2.49. The zero-order chi connectivity index (χ0) is 15.2. The number of carbonyl (C=O) groups excluding carboxylic acids is 1. The number of hydrogen-bond donors (Lipinski definition) is 1. The Morgan fingerprint density at radius 2 is 2.23 bits per heavy atom. The van der Waals surface area contributed by atoms with Crippen LogP contribution in [0.5, 0.6) is 5.75 Å². The van der Waals surface area contributed by atoms with Gasteiger partial charge in [-0.15, -0.1) is 0 Å². The predicted octanol–water partition coefficient (Wildman–Crippen LogP) is 2.60. The quantitative estimate of drug-likeness (QED) is 0.927. The summed E-state index contributed by atoms with van der Waals surface area (Å²) in [7, 11) is 1.81. The molecule has 22 heavy (non-hydrogen) atoms. The van der Waals surface area contributed by atoms with Gasteiger partial charge in [0, 0.05) is 25.2 Å². The number of aryl methyl sites for hydroxylation is 1. The Bertz CT molecular complexity index is 718. The number of fused-ring (bicyclic) bond motifs is 1. The lowest BCUT2D eigenvalue weighted by molar-refractivity contribution is -0.0360. The first kappa shape index (κ1) is 13.4. The van der Waals surface area contributed by atoms with Crippen molar-refractivity contribution < 1.29 is 9.53 Å². The molecule has 1 saturated carbocycles. The molecule has 0 saturated heterocycles. The second kappa shape index (κ2) is 4.87. The normalized spacial score (nSPS) is 21.6. The smallest absolute Gasteiger partial charge is 0.254 e. The number of rotatable bonds is 2. The number of benzene rings is 1. The third-order valence-electron chi connectivity index (χ3n) is 4.73. The average molecular weight is 297 g/mol. The first-order chi connectivity index (χ1) is 10.7. The summed E-state index contributed by atoms with van der Waals surface area (Å²) < 4.78 is 7.85. The highest BCUT2D eigenvalue weighted by molar-refractivity contribution is 5.94. The summed E-state index contributed by atoms with van der Waals surface area (Å²) in [4.78, 5) is 12.4. The Hall–Kier alpha value is -2.30. The fraction of sp³-hybridized carbons (Fsp3) is 0.412. The highest BCUT2D eigenvalue weighted by Crippen LogP contribution is 2.48. The van der Waals surface area contributed by atoms with Crippen LogP contribution < -0.4 is 10.1 Å². The zero-order valence-electron chi connectivity index (χ0n) is 12.6. The summed E-state index contributed by atoms with van der Waals surface area (Å²) in [5, 5.41) is 7.22. The predicted molar refractivity (Wildman–Crippen MR) is 81.7 cm³/mol. The highest BCUT2D eigenvalue weighted by Gasteiger charge is 2.45. The molecule has 1 N–H and O–H groups in total. The van der Waals surface area contributed by atoms with Gasteiger partial charge in [-0.05, 0) is 25.3 Å². The summed E-state index contributed by atoms with van der Waals surface area (Å²) in [6.07, 6.45) is 7.52. The first-order valence-electron chi connectivity index (χ1n) is 7.73. The van der Waals surface area contributed by atoms with E-state index < -0.39 is 0 Å². The highest BCUT2D eigenvalue weighted by atomic mass is 16.5. The molecule has 114 valence electrons. The number of aromatic nitrogens is 2. The summed E-state index contributed by atoms with van der Waals surface area (Å²) >= 11 is 0. The number of carbonyl (C=O) groups is 1. The molecule has 0 radical (unpaired) electrons. The SMILES string of the molecule is Cn1cc(C(=O)NC2CC3(CCC3)Oc3ccccc32)cn1. The third-order valence-corrected chi connectivity index (χ3v) is 4.73. The van der Waals surface area contributed by atoms with Crippen LogP contribution in [-0.2, 0) is 7.05 Å². The molecule has 1 aromatic carbocycles. The molecular weight excluding hydrogens is 278 g/mol. The molecule has 1 atom stereocenters. The third kappa shape index (κ3) is 2.17. The molecule has 1 aliphatic heterocycles. The van der Waals surface area contributed by atoms with Crippen LogP contribution in [0, 0.1) is 0 Å². The molecule has 2 aromatic rings. The van der Waals surface area contributed by atoms with E-state index >= 15 is 0 Å². The molecule has 1 fully saturated rings. The van der Waals surface area contributed by atoms with Crippen molar-refractivity contribution in [3.8, 4) is 5.75 Å². The Labute approximate surface area is 129 Å². The zero-order valence-corrected chi connectivity index (χ0v) is 12.6. The number of nitrogens with zero attached hydrogens (tertiary/aromatic N) is 2. The van der Waals surface area contributed by atoms with Gasteiger partial charge in [0.25, 0.3) is 5.91 Å². The van der Waals surface area contributed by atoms with E-state index in [1.54, 1.807) is 17.1 Å². The van der Waals surface area contributed by atoms with Crippen LogP contribution in [0.25, 0.3) is 0 Å². The first-order valence-corrected chi connectivity index (χ1v) is 7.73. The van der Waals surface area contributed by atoms with Gasteiger partial charge in [-0.25, -0.2) is 0 Å². The molecule has 1 unspecified atom stereocenters. The molecule has 2 heterocycles. The van der Waals surface area contributed by atoms with E-state index in [0.717, 1.165) is 30.6 Å². The fourth-order valence-electron chi connectivity index (χ4n) is 3.40. The van der Waals surface area contributed by atoms with Crippen LogP contribution in [0.15, 0.2) is 36.7 Å². The van der Waals surface area contributed by atoms with Crippen molar-refractivity contribution >= 4 is 5.91 Å². The van der Waals surface area contributed by atoms with Crippen LogP contribution in [-0.4, -0.2) is 21.3 Å². The van der Waals surface area contributed by atoms with Crippen LogP contribution in [0.2, 0.25) is 0 Å². The molecule has 1 aliphatic carbocycles. The van der Waals surface area contributed by atoms with Crippen LogP contribution in [0.3, 0.4) is 0 Å². The Morgan fingerprint density at radius 3 is 2.91 bits per heavy atom. The van der Waals surface area contributed by atoms with Gasteiger partial charge in [-0.1, -0.05) is 18.2 Å². The molecule has 1 spiro atoms. The Kier molecular flexibility index (Phi) is 2.96. The van der Waals surface area contributed by atoms with Crippen molar-refractivity contribution in [2.75, 3.05) is 0 Å². The van der Waals surface area contributed by atoms with Gasteiger partial charge in [0.1, 0.15) is 11.4 Å². The minimum Gasteiger partial charge on any atom is -0.487 e. The molecule has 4 rings (SSSR count). The van der Waals surface area contributed by atoms with Gasteiger partial charge in [0.2, 0.25) is 0 Å². The van der Waals surface area contributed by atoms with Crippen LogP contribution in [0.4, 0.5) is 0 Å². The van der Waals surface area contributed by atoms with Crippen LogP contribution in [0.1, 0.15) is 47.6 Å². The maximum absolute atomic E-state index is 12.4. The van der Waals surface area contributed by atoms with Crippen molar-refractivity contribution in [2.24, 2.45) is 7.05 Å². The minimum atomic E-state index is -0.0821. The van der Waals surface area contributed by atoms with Crippen molar-refractivity contribution in [1.29, 1.82) is 0 Å². The standard InChI is InChI=1S/C17H19N3O2/c1-20-11-12(10-18-20)16(21)19-14-9-17(7-4-8-17)22-15-6-3-2-5-13(14)15/h2-3,5-6,10-11,14H,4,7-9H2,1H3,(H,19,21). The Balaban J connectivity index is 1.61. The molecular formula is C17H19N3O2. The summed E-state index contributed by atoms with van der Waals surface area (Å²) in [6, 6.07) is 8.01. The second-order valence-electron chi connectivity index (χ2n) is 6.31. The second-order valence-corrected chi connectivity index (χ2v) is 6.31. The van der Waals surface area contributed by atoms with E-state index in [1.807, 2.05) is 31.3 Å². The Morgan fingerprint density at radius 1 is 1.41 bits per heavy atom. The van der Waals surface area contributed by atoms with E-state index in [9.17, 15) is 4.79 Å². The fourth-order valence-corrected chi connectivity index (χ4v) is 3.40. The topological polar surface area (TPSA) is 56.2 Å². The average Bonchev–Trinajstić information content (AvgIpc) is 2.92. The van der Waals surface area contributed by atoms with Gasteiger partial charge < -0.3 is 10.1 Å². The molecule has 5 nitrogen and oxygen atoms in total. The number of para-hydroxylation sites is 1. The van der Waals surface area contributed by atoms with Crippen molar-refractivity contribution in [3.63, 3.8) is 0 Å². The lowest BCUT2D eigenvalue weighted by atomic mass is 9.73. The van der Waals surface area contributed by atoms with E-state index in [-0.39, 0.29) is 17.6 Å². The molecule has 1 aromatic heterocycles. The number of hydrogen-bond acceptors (Lipinski definition) is 3. The number of ether oxygens (including phenoxy) is 1. The summed E-state index contributed by atoms with van der Waals surface area (Å²) in [5.74, 6) is 0.828. The van der Waals surface area contributed by atoms with Crippen molar-refractivity contribution in [3.05, 3.63) is 47.8 Å². The van der Waals surface area contributed by atoms with E-state index in [0.29, 0.717) is 5.56 Å². The van der Waals surface area contributed by atoms with Crippen molar-refractivity contribution in [2.45, 2.75) is 37.3 Å². The number of amides is 1. The maximum atomic E-state index is 12.4. The van der Waals surface area contributed by atoms with Gasteiger partial charge >= 0.3 is 0 Å². The van der Waals surface area contributed by atoms with E-state index in [2.05, 4.69) is 10.4 Å². The van der Waals surface area contributed by atoms with Gasteiger partial charge in [-0.3, -0.25) is 9.48 Å². The van der Waals surface area contributed by atoms with Gasteiger partial charge in [0.15, 0.2) is 0 Å². The van der Waals surface area contributed by atoms with Crippen molar-refractivity contribution in [1.82, 2.24) is 15.1 Å². The maximum Gasteiger partial charge on any atom is 0.254 e. The largest absolute Gasteiger partial charge is 0.487 e. The summed E-state index contributed by atoms with van der Waals surface area (Å²) in [5.41, 5.74) is 1.58. The van der Waals surface area contributed by atoms with Gasteiger partial charge in [-0.2, -0.15) is 5.10 Å². The molecule has 1 amide bonds.